The number of aliphatic carboxylic acids is 1. The van der Waals surface area contributed by atoms with E-state index in [4.69, 9.17) is 16.3 Å². The third kappa shape index (κ3) is 3.85. The number of hydrogen-bond acceptors (Lipinski definition) is 3. The molecule has 0 aromatic heterocycles. The molecule has 0 bridgehead atoms. The average Bonchev–Trinajstić information content (AvgIpc) is 2.39. The number of carbonyl (C=O) groups is 2. The maximum Gasteiger partial charge on any atom is 0.328 e. The molecule has 0 aliphatic rings. The predicted octanol–water partition coefficient (Wildman–Crippen LogP) is 3.58. The highest BCUT2D eigenvalue weighted by molar-refractivity contribution is 6.30. The molecule has 1 atom stereocenters. The standard InChI is InChI=1S/C16H19ClO4/c1-4-21-15(20)16(14(18)19,9-8-11(2)3)12-6-5-7-13(17)10-12/h5-7,10H,2,4,8-9H2,1,3H3,(H,18,19). The summed E-state index contributed by atoms with van der Waals surface area (Å²) < 4.78 is 5.00. The summed E-state index contributed by atoms with van der Waals surface area (Å²) in [5.74, 6) is -2.02. The number of ether oxygens (including phenoxy) is 1. The van der Waals surface area contributed by atoms with Crippen LogP contribution in [0.15, 0.2) is 36.4 Å². The highest BCUT2D eigenvalue weighted by Crippen LogP contribution is 2.34. The third-order valence-electron chi connectivity index (χ3n) is 3.23. The fourth-order valence-corrected chi connectivity index (χ4v) is 2.28. The molecule has 0 radical (unpaired) electrons. The van der Waals surface area contributed by atoms with Crippen LogP contribution >= 0.6 is 11.6 Å². The molecule has 1 aromatic carbocycles. The van der Waals surface area contributed by atoms with Gasteiger partial charge in [-0.05, 0) is 44.4 Å². The molecule has 0 fully saturated rings. The van der Waals surface area contributed by atoms with Crippen LogP contribution in [0, 0.1) is 0 Å². The van der Waals surface area contributed by atoms with Crippen LogP contribution in [0.5, 0.6) is 0 Å². The van der Waals surface area contributed by atoms with E-state index >= 15 is 0 Å². The minimum atomic E-state index is -1.76. The van der Waals surface area contributed by atoms with E-state index in [9.17, 15) is 14.7 Å². The fraction of sp³-hybridized carbons (Fsp3) is 0.375. The molecule has 1 N–H and O–H groups in total. The van der Waals surface area contributed by atoms with Crippen LogP contribution in [0.4, 0.5) is 0 Å². The normalized spacial score (nSPS) is 13.3. The van der Waals surface area contributed by atoms with E-state index in [1.807, 2.05) is 0 Å². The molecule has 1 unspecified atom stereocenters. The largest absolute Gasteiger partial charge is 0.480 e. The Morgan fingerprint density at radius 3 is 2.57 bits per heavy atom. The van der Waals surface area contributed by atoms with Gasteiger partial charge in [0.1, 0.15) is 0 Å². The van der Waals surface area contributed by atoms with Crippen LogP contribution in [0.2, 0.25) is 5.02 Å². The topological polar surface area (TPSA) is 63.6 Å². The number of carboxylic acid groups (broad SMARTS) is 1. The summed E-state index contributed by atoms with van der Waals surface area (Å²) in [4.78, 5) is 24.2. The number of carbonyl (C=O) groups excluding carboxylic acids is 1. The van der Waals surface area contributed by atoms with Crippen molar-refractivity contribution < 1.29 is 19.4 Å². The summed E-state index contributed by atoms with van der Waals surface area (Å²) in [5, 5.41) is 10.1. The van der Waals surface area contributed by atoms with Crippen LogP contribution in [-0.4, -0.2) is 23.7 Å². The molecule has 0 heterocycles. The van der Waals surface area contributed by atoms with E-state index in [1.165, 1.54) is 6.07 Å². The highest BCUT2D eigenvalue weighted by Gasteiger charge is 2.49. The summed E-state index contributed by atoms with van der Waals surface area (Å²) >= 11 is 5.94. The molecule has 4 nitrogen and oxygen atoms in total. The molecule has 21 heavy (non-hydrogen) atoms. The van der Waals surface area contributed by atoms with Gasteiger partial charge in [0.15, 0.2) is 5.41 Å². The number of rotatable bonds is 7. The number of esters is 1. The molecule has 0 spiro atoms. The van der Waals surface area contributed by atoms with Gasteiger partial charge in [0.25, 0.3) is 0 Å². The second kappa shape index (κ2) is 7.27. The lowest BCUT2D eigenvalue weighted by Gasteiger charge is -2.28. The number of benzene rings is 1. The number of allylic oxidation sites excluding steroid dienone is 1. The van der Waals surface area contributed by atoms with E-state index < -0.39 is 17.4 Å². The van der Waals surface area contributed by atoms with E-state index in [2.05, 4.69) is 6.58 Å². The van der Waals surface area contributed by atoms with Gasteiger partial charge < -0.3 is 9.84 Å². The lowest BCUT2D eigenvalue weighted by atomic mass is 9.76. The second-order valence-electron chi connectivity index (χ2n) is 4.90. The van der Waals surface area contributed by atoms with Crippen molar-refractivity contribution in [3.63, 3.8) is 0 Å². The SMILES string of the molecule is C=C(C)CCC(C(=O)O)(C(=O)OCC)c1cccc(Cl)c1. The molecule has 5 heteroatoms. The first-order chi connectivity index (χ1) is 9.84. The zero-order valence-electron chi connectivity index (χ0n) is 12.2. The summed E-state index contributed by atoms with van der Waals surface area (Å²) in [6.45, 7) is 7.30. The van der Waals surface area contributed by atoms with Gasteiger partial charge in [0, 0.05) is 5.02 Å². The smallest absolute Gasteiger partial charge is 0.328 e. The van der Waals surface area contributed by atoms with Crippen LogP contribution in [0.25, 0.3) is 0 Å². The van der Waals surface area contributed by atoms with Crippen LogP contribution in [0.1, 0.15) is 32.3 Å². The van der Waals surface area contributed by atoms with Crippen LogP contribution in [0.3, 0.4) is 0 Å². The Morgan fingerprint density at radius 2 is 2.10 bits per heavy atom. The third-order valence-corrected chi connectivity index (χ3v) is 3.47. The summed E-state index contributed by atoms with van der Waals surface area (Å²) in [5.41, 5.74) is -0.644. The maximum atomic E-state index is 12.4. The highest BCUT2D eigenvalue weighted by atomic mass is 35.5. The molecular weight excluding hydrogens is 292 g/mol. The molecule has 0 aliphatic heterocycles. The van der Waals surface area contributed by atoms with E-state index in [0.717, 1.165) is 5.57 Å². The zero-order valence-corrected chi connectivity index (χ0v) is 12.9. The predicted molar refractivity (Wildman–Crippen MR) is 81.4 cm³/mol. The van der Waals surface area contributed by atoms with Gasteiger partial charge in [-0.2, -0.15) is 0 Å². The number of hydrogen-bond donors (Lipinski definition) is 1. The quantitative estimate of drug-likeness (QED) is 0.475. The van der Waals surface area contributed by atoms with Gasteiger partial charge in [-0.15, -0.1) is 6.58 Å². The molecule has 0 aliphatic carbocycles. The van der Waals surface area contributed by atoms with Gasteiger partial charge in [-0.25, -0.2) is 0 Å². The first kappa shape index (κ1) is 17.2. The lowest BCUT2D eigenvalue weighted by Crippen LogP contribution is -2.45. The zero-order chi connectivity index (χ0) is 16.0. The van der Waals surface area contributed by atoms with E-state index in [-0.39, 0.29) is 13.0 Å². The number of carboxylic acids is 1. The summed E-state index contributed by atoms with van der Waals surface area (Å²) in [7, 11) is 0. The van der Waals surface area contributed by atoms with Crippen molar-refractivity contribution in [3.05, 3.63) is 47.0 Å². The van der Waals surface area contributed by atoms with Gasteiger partial charge in [-0.3, -0.25) is 9.59 Å². The average molecular weight is 311 g/mol. The lowest BCUT2D eigenvalue weighted by molar-refractivity contribution is -0.162. The Balaban J connectivity index is 3.39. The fourth-order valence-electron chi connectivity index (χ4n) is 2.09. The number of halogens is 1. The van der Waals surface area contributed by atoms with Gasteiger partial charge >= 0.3 is 11.9 Å². The van der Waals surface area contributed by atoms with Gasteiger partial charge in [0.05, 0.1) is 6.61 Å². The molecule has 0 amide bonds. The van der Waals surface area contributed by atoms with E-state index in [1.54, 1.807) is 32.0 Å². The minimum absolute atomic E-state index is 0.0802. The van der Waals surface area contributed by atoms with Gasteiger partial charge in [0.2, 0.25) is 0 Å². The first-order valence-electron chi connectivity index (χ1n) is 6.65. The van der Waals surface area contributed by atoms with Crippen LogP contribution < -0.4 is 0 Å². The van der Waals surface area contributed by atoms with Crippen LogP contribution in [-0.2, 0) is 19.7 Å². The Hall–Kier alpha value is -1.81. The van der Waals surface area contributed by atoms with Crippen molar-refractivity contribution in [1.82, 2.24) is 0 Å². The Bertz CT molecular complexity index is 553. The Morgan fingerprint density at radius 1 is 1.43 bits per heavy atom. The maximum absolute atomic E-state index is 12.4. The van der Waals surface area contributed by atoms with E-state index in [0.29, 0.717) is 17.0 Å². The molecular formula is C16H19ClO4. The second-order valence-corrected chi connectivity index (χ2v) is 5.33. The first-order valence-corrected chi connectivity index (χ1v) is 7.03. The molecule has 0 saturated carbocycles. The van der Waals surface area contributed by atoms with Crippen molar-refractivity contribution in [1.29, 1.82) is 0 Å². The monoisotopic (exact) mass is 310 g/mol. The molecule has 114 valence electrons. The molecule has 0 saturated heterocycles. The van der Waals surface area contributed by atoms with Crippen molar-refractivity contribution in [2.24, 2.45) is 0 Å². The summed E-state index contributed by atoms with van der Waals surface area (Å²) in [6, 6.07) is 6.32. The Labute approximate surface area is 129 Å². The van der Waals surface area contributed by atoms with Crippen molar-refractivity contribution in [2.75, 3.05) is 6.61 Å². The molecule has 1 aromatic rings. The minimum Gasteiger partial charge on any atom is -0.480 e. The Kier molecular flexibility index (Phi) is 5.97. The summed E-state index contributed by atoms with van der Waals surface area (Å²) in [6.07, 6.45) is 0.481. The van der Waals surface area contributed by atoms with Crippen molar-refractivity contribution >= 4 is 23.5 Å². The molecule has 1 rings (SSSR count). The van der Waals surface area contributed by atoms with Gasteiger partial charge in [-0.1, -0.05) is 29.3 Å². The van der Waals surface area contributed by atoms with Crippen molar-refractivity contribution in [2.45, 2.75) is 32.1 Å². The van der Waals surface area contributed by atoms with Crippen molar-refractivity contribution in [3.8, 4) is 0 Å².